The Hall–Kier alpha value is -1.04. The van der Waals surface area contributed by atoms with Gasteiger partial charge in [-0.1, -0.05) is 60.2 Å². The Morgan fingerprint density at radius 1 is 1.00 bits per heavy atom. The lowest BCUT2D eigenvalue weighted by Crippen LogP contribution is -2.39. The van der Waals surface area contributed by atoms with Gasteiger partial charge in [0.2, 0.25) is 0 Å². The fraction of sp³-hybridized carbons (Fsp3) is 0.850. The number of nitrogens with zero attached hydrogens (tertiary/aromatic N) is 2. The summed E-state index contributed by atoms with van der Waals surface area (Å²) >= 11 is 1.36. The minimum atomic E-state index is -0.734. The first kappa shape index (κ1) is 21.3. The van der Waals surface area contributed by atoms with Gasteiger partial charge < -0.3 is 9.47 Å². The van der Waals surface area contributed by atoms with Gasteiger partial charge in [0.05, 0.1) is 12.1 Å². The lowest BCUT2D eigenvalue weighted by molar-refractivity contribution is -0.112. The van der Waals surface area contributed by atoms with E-state index in [-0.39, 0.29) is 28.4 Å². The van der Waals surface area contributed by atoms with Gasteiger partial charge in [-0.15, -0.1) is 0 Å². The van der Waals surface area contributed by atoms with Crippen LogP contribution in [-0.4, -0.2) is 47.0 Å². The SMILES string of the molecule is CC(C)[C@H]1COC(C(C)(CC(=O)SC(C)(C)C)C2=N[C@@H](C(C)C)CO2)=N1. The number of hydrogen-bond donors (Lipinski definition) is 0. The molecule has 0 N–H and O–H groups in total. The van der Waals surface area contributed by atoms with Crippen molar-refractivity contribution in [3.8, 4) is 0 Å². The number of aliphatic imine (C=N–C) groups is 2. The molecule has 0 amide bonds. The number of carbonyl (C=O) groups is 1. The van der Waals surface area contributed by atoms with Gasteiger partial charge in [-0.25, -0.2) is 9.98 Å². The molecule has 0 spiro atoms. The molecule has 2 aliphatic rings. The zero-order valence-corrected chi connectivity index (χ0v) is 18.3. The quantitative estimate of drug-likeness (QED) is 0.685. The molecule has 5 nitrogen and oxygen atoms in total. The van der Waals surface area contributed by atoms with Gasteiger partial charge in [-0.3, -0.25) is 4.79 Å². The lowest BCUT2D eigenvalue weighted by atomic mass is 9.86. The van der Waals surface area contributed by atoms with E-state index in [1.54, 1.807) is 0 Å². The van der Waals surface area contributed by atoms with Crippen molar-refractivity contribution in [3.05, 3.63) is 0 Å². The van der Waals surface area contributed by atoms with Gasteiger partial charge in [-0.2, -0.15) is 0 Å². The number of hydrogen-bond acceptors (Lipinski definition) is 6. The van der Waals surface area contributed by atoms with Crippen molar-refractivity contribution < 1.29 is 14.3 Å². The lowest BCUT2D eigenvalue weighted by Gasteiger charge is -2.28. The summed E-state index contributed by atoms with van der Waals surface area (Å²) in [6.07, 6.45) is 0.280. The zero-order chi connectivity index (χ0) is 19.7. The highest BCUT2D eigenvalue weighted by Crippen LogP contribution is 2.38. The van der Waals surface area contributed by atoms with Crippen LogP contribution in [-0.2, 0) is 14.3 Å². The van der Waals surface area contributed by atoms with E-state index < -0.39 is 5.41 Å². The largest absolute Gasteiger partial charge is 0.478 e. The third-order valence-electron chi connectivity index (χ3n) is 4.75. The fourth-order valence-corrected chi connectivity index (χ4v) is 4.02. The van der Waals surface area contributed by atoms with Gasteiger partial charge in [0.1, 0.15) is 18.6 Å². The van der Waals surface area contributed by atoms with Crippen LogP contribution in [0.25, 0.3) is 0 Å². The second kappa shape index (κ2) is 7.91. The molecule has 6 heteroatoms. The fourth-order valence-electron chi connectivity index (χ4n) is 2.97. The van der Waals surface area contributed by atoms with E-state index in [0.29, 0.717) is 36.8 Å². The van der Waals surface area contributed by atoms with E-state index in [0.717, 1.165) is 0 Å². The molecule has 0 bridgehead atoms. The van der Waals surface area contributed by atoms with Crippen molar-refractivity contribution in [2.75, 3.05) is 13.2 Å². The predicted molar refractivity (Wildman–Crippen MR) is 109 cm³/mol. The summed E-state index contributed by atoms with van der Waals surface area (Å²) in [6, 6.07) is 0.246. The van der Waals surface area contributed by atoms with E-state index in [1.165, 1.54) is 11.8 Å². The molecule has 0 aromatic heterocycles. The maximum atomic E-state index is 12.8. The van der Waals surface area contributed by atoms with Gasteiger partial charge in [0.15, 0.2) is 16.9 Å². The molecule has 0 aromatic rings. The summed E-state index contributed by atoms with van der Waals surface area (Å²) in [5.41, 5.74) is -0.734. The minimum absolute atomic E-state index is 0.110. The molecule has 0 radical (unpaired) electrons. The van der Waals surface area contributed by atoms with Crippen molar-refractivity contribution in [1.29, 1.82) is 0 Å². The van der Waals surface area contributed by atoms with Crippen molar-refractivity contribution in [2.45, 2.75) is 78.6 Å². The van der Waals surface area contributed by atoms with E-state index in [2.05, 4.69) is 27.7 Å². The third-order valence-corrected chi connectivity index (χ3v) is 5.73. The molecule has 0 aromatic carbocycles. The van der Waals surface area contributed by atoms with Crippen molar-refractivity contribution in [2.24, 2.45) is 27.2 Å². The molecule has 2 heterocycles. The number of carbonyl (C=O) groups excluding carboxylic acids is 1. The highest BCUT2D eigenvalue weighted by molar-refractivity contribution is 8.14. The molecule has 148 valence electrons. The first-order chi connectivity index (χ1) is 11.9. The molecule has 2 atom stereocenters. The Kier molecular flexibility index (Phi) is 6.47. The first-order valence-corrected chi connectivity index (χ1v) is 10.4. The van der Waals surface area contributed by atoms with Crippen LogP contribution in [0.3, 0.4) is 0 Å². The van der Waals surface area contributed by atoms with Gasteiger partial charge in [0.25, 0.3) is 0 Å². The summed E-state index contributed by atoms with van der Waals surface area (Å²) in [6.45, 7) is 17.8. The highest BCUT2D eigenvalue weighted by atomic mass is 32.2. The van der Waals surface area contributed by atoms with Crippen molar-refractivity contribution in [1.82, 2.24) is 0 Å². The maximum absolute atomic E-state index is 12.8. The number of ether oxygens (including phenoxy) is 2. The average Bonchev–Trinajstić information content (AvgIpc) is 3.15. The van der Waals surface area contributed by atoms with Gasteiger partial charge in [0, 0.05) is 11.2 Å². The van der Waals surface area contributed by atoms with Crippen LogP contribution < -0.4 is 0 Å². The van der Waals surface area contributed by atoms with E-state index in [4.69, 9.17) is 19.5 Å². The van der Waals surface area contributed by atoms with Crippen LogP contribution in [0.15, 0.2) is 9.98 Å². The van der Waals surface area contributed by atoms with Crippen LogP contribution in [0.4, 0.5) is 0 Å². The molecule has 26 heavy (non-hydrogen) atoms. The molecule has 2 rings (SSSR count). The highest BCUT2D eigenvalue weighted by Gasteiger charge is 2.47. The van der Waals surface area contributed by atoms with Crippen LogP contribution >= 0.6 is 11.8 Å². The molecule has 0 fully saturated rings. The Bertz CT molecular complexity index is 556. The molecular formula is C20H34N2O3S. The standard InChI is InChI=1S/C20H34N2O3S/c1-12(2)14-10-24-17(21-14)20(8,9-16(23)26-19(5,6)7)18-22-15(11-25-18)13(3)4/h12-15H,9-11H2,1-8H3/t14-,15-/m1/s1. The summed E-state index contributed by atoms with van der Waals surface area (Å²) in [5, 5.41) is 0.110. The second-order valence-electron chi connectivity index (χ2n) is 9.21. The van der Waals surface area contributed by atoms with Crippen LogP contribution in [0.2, 0.25) is 0 Å². The van der Waals surface area contributed by atoms with E-state index in [9.17, 15) is 4.79 Å². The van der Waals surface area contributed by atoms with Crippen LogP contribution in [0.5, 0.6) is 0 Å². The molecule has 0 unspecified atom stereocenters. The number of thioether (sulfide) groups is 1. The van der Waals surface area contributed by atoms with Crippen LogP contribution in [0.1, 0.15) is 61.8 Å². The summed E-state index contributed by atoms with van der Waals surface area (Å²) in [7, 11) is 0. The first-order valence-electron chi connectivity index (χ1n) is 9.56. The normalized spacial score (nSPS) is 23.8. The zero-order valence-electron chi connectivity index (χ0n) is 17.5. The van der Waals surface area contributed by atoms with Crippen LogP contribution in [0, 0.1) is 17.3 Å². The topological polar surface area (TPSA) is 60.2 Å². The minimum Gasteiger partial charge on any atom is -0.478 e. The van der Waals surface area contributed by atoms with Gasteiger partial charge in [-0.05, 0) is 18.8 Å². The molecule has 0 saturated heterocycles. The molecule has 0 aliphatic carbocycles. The molecule has 2 aliphatic heterocycles. The van der Waals surface area contributed by atoms with E-state index >= 15 is 0 Å². The molecule has 0 saturated carbocycles. The Labute approximate surface area is 162 Å². The Balaban J connectivity index is 2.32. The average molecular weight is 383 g/mol. The Morgan fingerprint density at radius 3 is 1.73 bits per heavy atom. The monoisotopic (exact) mass is 382 g/mol. The van der Waals surface area contributed by atoms with Crippen molar-refractivity contribution in [3.63, 3.8) is 0 Å². The predicted octanol–water partition coefficient (Wildman–Crippen LogP) is 4.35. The third kappa shape index (κ3) is 5.02. The summed E-state index contributed by atoms with van der Waals surface area (Å²) in [5.74, 6) is 1.99. The van der Waals surface area contributed by atoms with E-state index in [1.807, 2.05) is 27.7 Å². The maximum Gasteiger partial charge on any atom is 0.199 e. The summed E-state index contributed by atoms with van der Waals surface area (Å²) < 4.78 is 11.8. The smallest absolute Gasteiger partial charge is 0.199 e. The number of rotatable bonds is 6. The Morgan fingerprint density at radius 2 is 1.42 bits per heavy atom. The second-order valence-corrected chi connectivity index (χ2v) is 11.1. The van der Waals surface area contributed by atoms with Crippen molar-refractivity contribution >= 4 is 28.7 Å². The van der Waals surface area contributed by atoms with Gasteiger partial charge >= 0.3 is 0 Å². The summed E-state index contributed by atoms with van der Waals surface area (Å²) in [4.78, 5) is 22.4. The molecular weight excluding hydrogens is 348 g/mol.